The van der Waals surface area contributed by atoms with Crippen molar-refractivity contribution in [2.24, 2.45) is 0 Å². The number of hydrogen-bond donors (Lipinski definition) is 2. The Balaban J connectivity index is 2.10. The average molecular weight is 347 g/mol. The van der Waals surface area contributed by atoms with Gasteiger partial charge in [0.15, 0.2) is 5.78 Å². The SMILES string of the molecule is CC(=O)c1ccc(-c2ccc(S(=O)(=O)NCCCCO)cc2)cc1. The van der Waals surface area contributed by atoms with Crippen LogP contribution < -0.4 is 4.72 Å². The van der Waals surface area contributed by atoms with E-state index < -0.39 is 10.0 Å². The Bertz CT molecular complexity index is 781. The van der Waals surface area contributed by atoms with Crippen LogP contribution in [0.3, 0.4) is 0 Å². The quantitative estimate of drug-likeness (QED) is 0.568. The van der Waals surface area contributed by atoms with Crippen molar-refractivity contribution >= 4 is 15.8 Å². The third-order valence-electron chi connectivity index (χ3n) is 3.67. The summed E-state index contributed by atoms with van der Waals surface area (Å²) in [6, 6.07) is 13.8. The molecule has 2 aromatic rings. The molecule has 0 aliphatic rings. The van der Waals surface area contributed by atoms with Gasteiger partial charge in [0.05, 0.1) is 4.90 Å². The Labute approximate surface area is 142 Å². The number of carbonyl (C=O) groups excluding carboxylic acids is 1. The molecule has 0 bridgehead atoms. The molecule has 0 unspecified atom stereocenters. The molecule has 0 aromatic heterocycles. The molecule has 0 saturated heterocycles. The van der Waals surface area contributed by atoms with Crippen molar-refractivity contribution in [1.82, 2.24) is 4.72 Å². The number of aliphatic hydroxyl groups is 1. The molecule has 0 amide bonds. The van der Waals surface area contributed by atoms with Gasteiger partial charge in [-0.15, -0.1) is 0 Å². The van der Waals surface area contributed by atoms with Crippen molar-refractivity contribution in [2.75, 3.05) is 13.2 Å². The minimum Gasteiger partial charge on any atom is -0.396 e. The molecule has 0 heterocycles. The van der Waals surface area contributed by atoms with Crippen molar-refractivity contribution in [1.29, 1.82) is 0 Å². The third-order valence-corrected chi connectivity index (χ3v) is 5.14. The number of unbranched alkanes of at least 4 members (excludes halogenated alkanes) is 1. The number of nitrogens with one attached hydrogen (secondary N) is 1. The van der Waals surface area contributed by atoms with Crippen LogP contribution in [0.15, 0.2) is 53.4 Å². The Morgan fingerprint density at radius 2 is 1.50 bits per heavy atom. The van der Waals surface area contributed by atoms with Crippen molar-refractivity contribution < 1.29 is 18.3 Å². The molecule has 0 radical (unpaired) electrons. The maximum atomic E-state index is 12.2. The highest BCUT2D eigenvalue weighted by Crippen LogP contribution is 2.22. The summed E-state index contributed by atoms with van der Waals surface area (Å²) in [6.45, 7) is 1.87. The van der Waals surface area contributed by atoms with Gasteiger partial charge in [-0.05, 0) is 43.0 Å². The predicted molar refractivity (Wildman–Crippen MR) is 93.4 cm³/mol. The summed E-state index contributed by atoms with van der Waals surface area (Å²) in [5.41, 5.74) is 2.44. The highest BCUT2D eigenvalue weighted by molar-refractivity contribution is 7.89. The van der Waals surface area contributed by atoms with Gasteiger partial charge in [0, 0.05) is 18.7 Å². The number of benzene rings is 2. The molecule has 2 aromatic carbocycles. The zero-order valence-corrected chi connectivity index (χ0v) is 14.3. The minimum absolute atomic E-state index is 0.00950. The lowest BCUT2D eigenvalue weighted by molar-refractivity contribution is 0.101. The second-order valence-corrected chi connectivity index (χ2v) is 7.25. The van der Waals surface area contributed by atoms with Gasteiger partial charge in [0.2, 0.25) is 10.0 Å². The van der Waals surface area contributed by atoms with Crippen LogP contribution in [-0.2, 0) is 10.0 Å². The van der Waals surface area contributed by atoms with Gasteiger partial charge >= 0.3 is 0 Å². The lowest BCUT2D eigenvalue weighted by Crippen LogP contribution is -2.24. The highest BCUT2D eigenvalue weighted by Gasteiger charge is 2.13. The van der Waals surface area contributed by atoms with Crippen molar-refractivity contribution in [2.45, 2.75) is 24.7 Å². The van der Waals surface area contributed by atoms with Gasteiger partial charge < -0.3 is 5.11 Å². The minimum atomic E-state index is -3.53. The van der Waals surface area contributed by atoms with E-state index in [1.54, 1.807) is 36.4 Å². The Hall–Kier alpha value is -2.02. The molecule has 0 aliphatic heterocycles. The molecule has 0 atom stereocenters. The fourth-order valence-corrected chi connectivity index (χ4v) is 3.32. The molecule has 0 saturated carbocycles. The molecule has 2 N–H and O–H groups in total. The van der Waals surface area contributed by atoms with Crippen LogP contribution in [0.25, 0.3) is 11.1 Å². The Morgan fingerprint density at radius 1 is 0.958 bits per heavy atom. The largest absolute Gasteiger partial charge is 0.396 e. The van der Waals surface area contributed by atoms with E-state index in [1.807, 2.05) is 12.1 Å². The molecule has 0 fully saturated rings. The number of sulfonamides is 1. The van der Waals surface area contributed by atoms with E-state index >= 15 is 0 Å². The summed E-state index contributed by atoms with van der Waals surface area (Å²) in [7, 11) is -3.53. The summed E-state index contributed by atoms with van der Waals surface area (Å²) in [6.07, 6.45) is 1.16. The summed E-state index contributed by atoms with van der Waals surface area (Å²) in [5.74, 6) is 0.00950. The van der Waals surface area contributed by atoms with E-state index in [1.165, 1.54) is 6.92 Å². The fourth-order valence-electron chi connectivity index (χ4n) is 2.25. The van der Waals surface area contributed by atoms with Crippen LogP contribution in [0.4, 0.5) is 0 Å². The molecule has 24 heavy (non-hydrogen) atoms. The molecule has 5 nitrogen and oxygen atoms in total. The summed E-state index contributed by atoms with van der Waals surface area (Å²) in [5, 5.41) is 8.70. The van der Waals surface area contributed by atoms with Crippen LogP contribution in [0.1, 0.15) is 30.1 Å². The Morgan fingerprint density at radius 3 is 2.00 bits per heavy atom. The summed E-state index contributed by atoms with van der Waals surface area (Å²) >= 11 is 0. The van der Waals surface area contributed by atoms with Gasteiger partial charge in [-0.1, -0.05) is 36.4 Å². The first kappa shape index (κ1) is 18.3. The van der Waals surface area contributed by atoms with Gasteiger partial charge in [-0.3, -0.25) is 4.79 Å². The van der Waals surface area contributed by atoms with E-state index in [2.05, 4.69) is 4.72 Å². The molecule has 0 aliphatic carbocycles. The third kappa shape index (κ3) is 4.74. The molecule has 2 rings (SSSR count). The molecular formula is C18H21NO4S. The zero-order chi connectivity index (χ0) is 17.6. The first-order valence-electron chi connectivity index (χ1n) is 7.76. The van der Waals surface area contributed by atoms with E-state index in [0.29, 0.717) is 24.9 Å². The van der Waals surface area contributed by atoms with E-state index in [4.69, 9.17) is 5.11 Å². The number of hydrogen-bond acceptors (Lipinski definition) is 4. The highest BCUT2D eigenvalue weighted by atomic mass is 32.2. The number of ketones is 1. The van der Waals surface area contributed by atoms with Gasteiger partial charge in [-0.2, -0.15) is 0 Å². The number of aliphatic hydroxyl groups excluding tert-OH is 1. The van der Waals surface area contributed by atoms with Crippen molar-refractivity contribution in [3.63, 3.8) is 0 Å². The van der Waals surface area contributed by atoms with Gasteiger partial charge in [0.25, 0.3) is 0 Å². The smallest absolute Gasteiger partial charge is 0.240 e. The second kappa shape index (κ2) is 8.19. The average Bonchev–Trinajstić information content (AvgIpc) is 2.59. The van der Waals surface area contributed by atoms with Crippen LogP contribution in [0.2, 0.25) is 0 Å². The zero-order valence-electron chi connectivity index (χ0n) is 13.5. The summed E-state index contributed by atoms with van der Waals surface area (Å²) < 4.78 is 26.8. The maximum absolute atomic E-state index is 12.2. The second-order valence-electron chi connectivity index (χ2n) is 5.49. The summed E-state index contributed by atoms with van der Waals surface area (Å²) in [4.78, 5) is 11.5. The molecular weight excluding hydrogens is 326 g/mol. The maximum Gasteiger partial charge on any atom is 0.240 e. The van der Waals surface area contributed by atoms with Crippen LogP contribution in [-0.4, -0.2) is 32.5 Å². The van der Waals surface area contributed by atoms with E-state index in [0.717, 1.165) is 11.1 Å². The molecule has 6 heteroatoms. The van der Waals surface area contributed by atoms with Crippen LogP contribution >= 0.6 is 0 Å². The standard InChI is InChI=1S/C18H21NO4S/c1-14(21)15-4-6-16(7-5-15)17-8-10-18(11-9-17)24(22,23)19-12-2-3-13-20/h4-11,19-20H,2-3,12-13H2,1H3. The lowest BCUT2D eigenvalue weighted by atomic mass is 10.0. The topological polar surface area (TPSA) is 83.5 Å². The molecule has 128 valence electrons. The van der Waals surface area contributed by atoms with Crippen molar-refractivity contribution in [3.05, 3.63) is 54.1 Å². The lowest BCUT2D eigenvalue weighted by Gasteiger charge is -2.08. The van der Waals surface area contributed by atoms with Gasteiger partial charge in [-0.25, -0.2) is 13.1 Å². The fraction of sp³-hybridized carbons (Fsp3) is 0.278. The van der Waals surface area contributed by atoms with Crippen molar-refractivity contribution in [3.8, 4) is 11.1 Å². The normalized spacial score (nSPS) is 11.4. The monoisotopic (exact) mass is 347 g/mol. The molecule has 0 spiro atoms. The Kier molecular flexibility index (Phi) is 6.25. The predicted octanol–water partition coefficient (Wildman–Crippen LogP) is 2.61. The number of rotatable bonds is 8. The first-order valence-corrected chi connectivity index (χ1v) is 9.24. The van der Waals surface area contributed by atoms with E-state index in [9.17, 15) is 13.2 Å². The number of Topliss-reactive ketones (excluding diaryl/α,β-unsaturated/α-hetero) is 1. The van der Waals surface area contributed by atoms with Crippen LogP contribution in [0.5, 0.6) is 0 Å². The van der Waals surface area contributed by atoms with E-state index in [-0.39, 0.29) is 17.3 Å². The number of carbonyl (C=O) groups is 1. The van der Waals surface area contributed by atoms with Gasteiger partial charge in [0.1, 0.15) is 0 Å². The first-order chi connectivity index (χ1) is 11.4. The van der Waals surface area contributed by atoms with Crippen LogP contribution in [0, 0.1) is 0 Å².